The first-order chi connectivity index (χ1) is 8.24. The summed E-state index contributed by atoms with van der Waals surface area (Å²) in [6.07, 6.45) is 0.612. The molecule has 0 atom stereocenters. The molecule has 84 valence electrons. The van der Waals surface area contributed by atoms with Gasteiger partial charge in [0.15, 0.2) is 0 Å². The van der Waals surface area contributed by atoms with E-state index in [9.17, 15) is 4.79 Å². The molecule has 0 spiro atoms. The van der Waals surface area contributed by atoms with Crippen LogP contribution in [0.25, 0.3) is 0 Å². The Labute approximate surface area is 98.3 Å². The number of aromatic nitrogens is 2. The predicted octanol–water partition coefficient (Wildman–Crippen LogP) is 1.36. The van der Waals surface area contributed by atoms with Gasteiger partial charge in [0.1, 0.15) is 5.82 Å². The van der Waals surface area contributed by atoms with Crippen LogP contribution in [0.1, 0.15) is 17.1 Å². The summed E-state index contributed by atoms with van der Waals surface area (Å²) in [7, 11) is 0. The molecule has 3 rings (SSSR count). The summed E-state index contributed by atoms with van der Waals surface area (Å²) in [6.45, 7) is 1.82. The van der Waals surface area contributed by atoms with Gasteiger partial charge in [0.2, 0.25) is 0 Å². The third-order valence-electron chi connectivity index (χ3n) is 2.74. The summed E-state index contributed by atoms with van der Waals surface area (Å²) in [6, 6.07) is 11.4. The van der Waals surface area contributed by atoms with Gasteiger partial charge < -0.3 is 0 Å². The molecule has 0 aliphatic carbocycles. The molecule has 2 heterocycles. The van der Waals surface area contributed by atoms with E-state index in [0.29, 0.717) is 12.2 Å². The summed E-state index contributed by atoms with van der Waals surface area (Å²) in [5.74, 6) is 0.717. The highest BCUT2D eigenvalue weighted by Gasteiger charge is 2.18. The van der Waals surface area contributed by atoms with Crippen molar-refractivity contribution >= 4 is 5.71 Å². The van der Waals surface area contributed by atoms with Gasteiger partial charge in [-0.2, -0.15) is 9.78 Å². The number of fused-ring (bicyclic) bond motifs is 1. The second kappa shape index (κ2) is 3.66. The lowest BCUT2D eigenvalue weighted by Crippen LogP contribution is -2.18. The van der Waals surface area contributed by atoms with Crippen LogP contribution in [0, 0.1) is 6.92 Å². The van der Waals surface area contributed by atoms with Crippen LogP contribution in [-0.4, -0.2) is 15.4 Å². The average molecular weight is 225 g/mol. The van der Waals surface area contributed by atoms with Crippen molar-refractivity contribution in [1.29, 1.82) is 0 Å². The van der Waals surface area contributed by atoms with Gasteiger partial charge in [0.25, 0.3) is 5.56 Å². The molecule has 0 N–H and O–H groups in total. The topological polar surface area (TPSA) is 47.2 Å². The summed E-state index contributed by atoms with van der Waals surface area (Å²) in [4.78, 5) is 16.1. The quantitative estimate of drug-likeness (QED) is 0.735. The maximum atomic E-state index is 11.7. The molecule has 1 aliphatic heterocycles. The van der Waals surface area contributed by atoms with E-state index in [1.807, 2.05) is 37.3 Å². The lowest BCUT2D eigenvalue weighted by Gasteiger charge is -1.98. The van der Waals surface area contributed by atoms with Crippen LogP contribution in [0.15, 0.2) is 46.3 Å². The SMILES string of the molecule is Cc1cc(=O)n2c(n1)CC(c1ccccc1)=N2. The standard InChI is InChI=1S/C13H11N3O/c1-9-7-13(17)16-12(14-9)8-11(15-16)10-5-3-2-4-6-10/h2-7H,8H2,1H3. The predicted molar refractivity (Wildman–Crippen MR) is 65.3 cm³/mol. The molecule has 0 radical (unpaired) electrons. The molecule has 0 amide bonds. The number of aryl methyl sites for hydroxylation is 1. The third-order valence-corrected chi connectivity index (χ3v) is 2.74. The van der Waals surface area contributed by atoms with E-state index in [1.54, 1.807) is 0 Å². The van der Waals surface area contributed by atoms with Gasteiger partial charge in [-0.05, 0) is 12.5 Å². The lowest BCUT2D eigenvalue weighted by atomic mass is 10.1. The fourth-order valence-corrected chi connectivity index (χ4v) is 1.97. The van der Waals surface area contributed by atoms with Crippen molar-refractivity contribution < 1.29 is 0 Å². The highest BCUT2D eigenvalue weighted by Crippen LogP contribution is 2.12. The Morgan fingerprint density at radius 3 is 2.76 bits per heavy atom. The molecule has 0 fully saturated rings. The second-order valence-electron chi connectivity index (χ2n) is 4.05. The fraction of sp³-hybridized carbons (Fsp3) is 0.154. The van der Waals surface area contributed by atoms with E-state index < -0.39 is 0 Å². The highest BCUT2D eigenvalue weighted by molar-refractivity contribution is 6.02. The van der Waals surface area contributed by atoms with Crippen LogP contribution < -0.4 is 5.56 Å². The Morgan fingerprint density at radius 1 is 1.24 bits per heavy atom. The summed E-state index contributed by atoms with van der Waals surface area (Å²) in [5, 5.41) is 4.32. The van der Waals surface area contributed by atoms with Crippen LogP contribution in [0.2, 0.25) is 0 Å². The van der Waals surface area contributed by atoms with E-state index >= 15 is 0 Å². The van der Waals surface area contributed by atoms with Gasteiger partial charge in [-0.1, -0.05) is 30.3 Å². The minimum atomic E-state index is -0.113. The maximum Gasteiger partial charge on any atom is 0.274 e. The Kier molecular flexibility index (Phi) is 2.14. The molecule has 4 heteroatoms. The van der Waals surface area contributed by atoms with Gasteiger partial charge in [-0.25, -0.2) is 4.98 Å². The number of hydrogen-bond acceptors (Lipinski definition) is 3. The number of hydrogen-bond donors (Lipinski definition) is 0. The molecule has 1 aromatic carbocycles. The molecule has 1 aromatic heterocycles. The minimum Gasteiger partial charge on any atom is -0.267 e. The second-order valence-corrected chi connectivity index (χ2v) is 4.05. The zero-order valence-electron chi connectivity index (χ0n) is 9.42. The summed E-state index contributed by atoms with van der Waals surface area (Å²) < 4.78 is 1.38. The van der Waals surface area contributed by atoms with Gasteiger partial charge in [-0.15, -0.1) is 0 Å². The highest BCUT2D eigenvalue weighted by atomic mass is 16.1. The zero-order valence-corrected chi connectivity index (χ0v) is 9.42. The fourth-order valence-electron chi connectivity index (χ4n) is 1.97. The molecule has 1 aliphatic rings. The summed E-state index contributed by atoms with van der Waals surface area (Å²) >= 11 is 0. The average Bonchev–Trinajstić information content (AvgIpc) is 2.74. The minimum absolute atomic E-state index is 0.113. The van der Waals surface area contributed by atoms with Crippen molar-refractivity contribution in [3.8, 4) is 0 Å². The lowest BCUT2D eigenvalue weighted by molar-refractivity contribution is 0.767. The van der Waals surface area contributed by atoms with Gasteiger partial charge in [0, 0.05) is 11.8 Å². The first-order valence-corrected chi connectivity index (χ1v) is 5.47. The van der Waals surface area contributed by atoms with Gasteiger partial charge in [-0.3, -0.25) is 4.79 Å². The Morgan fingerprint density at radius 2 is 2.00 bits per heavy atom. The Balaban J connectivity index is 2.09. The first-order valence-electron chi connectivity index (χ1n) is 5.47. The van der Waals surface area contributed by atoms with Crippen LogP contribution in [0.5, 0.6) is 0 Å². The number of nitrogens with zero attached hydrogens (tertiary/aromatic N) is 3. The van der Waals surface area contributed by atoms with E-state index in [2.05, 4.69) is 10.1 Å². The maximum absolute atomic E-state index is 11.7. The molecule has 4 nitrogen and oxygen atoms in total. The van der Waals surface area contributed by atoms with Crippen molar-refractivity contribution in [1.82, 2.24) is 9.66 Å². The molecular formula is C13H11N3O. The van der Waals surface area contributed by atoms with Gasteiger partial charge >= 0.3 is 0 Å². The van der Waals surface area contributed by atoms with Crippen molar-refractivity contribution in [2.75, 3.05) is 0 Å². The monoisotopic (exact) mass is 225 g/mol. The van der Waals surface area contributed by atoms with Crippen LogP contribution >= 0.6 is 0 Å². The van der Waals surface area contributed by atoms with Gasteiger partial charge in [0.05, 0.1) is 12.1 Å². The molecule has 2 aromatic rings. The molecule has 17 heavy (non-hydrogen) atoms. The first kappa shape index (κ1) is 9.96. The zero-order chi connectivity index (χ0) is 11.8. The van der Waals surface area contributed by atoms with Crippen LogP contribution in [0.4, 0.5) is 0 Å². The van der Waals surface area contributed by atoms with E-state index in [-0.39, 0.29) is 5.56 Å². The van der Waals surface area contributed by atoms with Crippen LogP contribution in [-0.2, 0) is 6.42 Å². The largest absolute Gasteiger partial charge is 0.274 e. The molecule has 0 bridgehead atoms. The molecular weight excluding hydrogens is 214 g/mol. The molecule has 0 saturated carbocycles. The smallest absolute Gasteiger partial charge is 0.267 e. The Hall–Kier alpha value is -2.23. The van der Waals surface area contributed by atoms with E-state index in [4.69, 9.17) is 0 Å². The number of rotatable bonds is 1. The van der Waals surface area contributed by atoms with E-state index in [1.165, 1.54) is 10.7 Å². The van der Waals surface area contributed by atoms with Crippen molar-refractivity contribution in [2.24, 2.45) is 5.10 Å². The summed E-state index contributed by atoms with van der Waals surface area (Å²) in [5.41, 5.74) is 2.56. The normalized spacial score (nSPS) is 13.4. The molecule has 0 unspecified atom stereocenters. The third kappa shape index (κ3) is 1.67. The van der Waals surface area contributed by atoms with Crippen molar-refractivity contribution in [2.45, 2.75) is 13.3 Å². The Bertz CT molecular complexity index is 656. The number of benzene rings is 1. The van der Waals surface area contributed by atoms with E-state index in [0.717, 1.165) is 17.0 Å². The van der Waals surface area contributed by atoms with Crippen LogP contribution in [0.3, 0.4) is 0 Å². The molecule has 0 saturated heterocycles. The van der Waals surface area contributed by atoms with Crippen molar-refractivity contribution in [3.05, 3.63) is 63.8 Å². The van der Waals surface area contributed by atoms with Crippen molar-refractivity contribution in [3.63, 3.8) is 0 Å².